The van der Waals surface area contributed by atoms with Crippen molar-refractivity contribution in [3.05, 3.63) is 0 Å². The Kier molecular flexibility index (Phi) is 5.04. The summed E-state index contributed by atoms with van der Waals surface area (Å²) in [5, 5.41) is 2.77. The van der Waals surface area contributed by atoms with Crippen molar-refractivity contribution in [2.24, 2.45) is 5.73 Å². The zero-order valence-corrected chi connectivity index (χ0v) is 9.57. The summed E-state index contributed by atoms with van der Waals surface area (Å²) in [4.78, 5) is 23.9. The van der Waals surface area contributed by atoms with Gasteiger partial charge < -0.3 is 15.8 Å². The van der Waals surface area contributed by atoms with Crippen LogP contribution in [0.25, 0.3) is 0 Å². The van der Waals surface area contributed by atoms with E-state index in [0.29, 0.717) is 13.2 Å². The number of ether oxygens (including phenoxy) is 1. The largest absolute Gasteiger partial charge is 0.450 e. The molecule has 6 nitrogen and oxygen atoms in total. The average molecular weight is 229 g/mol. The molecule has 0 aliphatic carbocycles. The third-order valence-corrected chi connectivity index (χ3v) is 2.48. The van der Waals surface area contributed by atoms with Gasteiger partial charge in [-0.15, -0.1) is 0 Å². The first-order valence-corrected chi connectivity index (χ1v) is 5.55. The number of alkyl carbamates (subject to hydrolysis) is 1. The number of hydrogen-bond donors (Lipinski definition) is 2. The summed E-state index contributed by atoms with van der Waals surface area (Å²) >= 11 is 0. The SMILES string of the molecule is CCOC(=O)N[C@H]1CCCN(CC(N)=O)C1. The van der Waals surface area contributed by atoms with Gasteiger partial charge in [0.05, 0.1) is 13.2 Å². The first-order valence-electron chi connectivity index (χ1n) is 5.55. The van der Waals surface area contributed by atoms with E-state index in [1.807, 2.05) is 4.90 Å². The van der Waals surface area contributed by atoms with E-state index in [9.17, 15) is 9.59 Å². The summed E-state index contributed by atoms with van der Waals surface area (Å²) in [6.45, 7) is 3.89. The number of carbonyl (C=O) groups is 2. The number of amides is 2. The van der Waals surface area contributed by atoms with Crippen LogP contribution in [0.15, 0.2) is 0 Å². The zero-order chi connectivity index (χ0) is 12.0. The van der Waals surface area contributed by atoms with Gasteiger partial charge in [0.25, 0.3) is 0 Å². The van der Waals surface area contributed by atoms with Crippen molar-refractivity contribution in [1.29, 1.82) is 0 Å². The summed E-state index contributed by atoms with van der Waals surface area (Å²) < 4.78 is 4.80. The molecule has 1 fully saturated rings. The molecular formula is C10H19N3O3. The van der Waals surface area contributed by atoms with Gasteiger partial charge in [-0.3, -0.25) is 9.69 Å². The maximum absolute atomic E-state index is 11.2. The summed E-state index contributed by atoms with van der Waals surface area (Å²) in [6, 6.07) is 0.0483. The molecule has 1 atom stereocenters. The van der Waals surface area contributed by atoms with Crippen molar-refractivity contribution in [3.8, 4) is 0 Å². The smallest absolute Gasteiger partial charge is 0.407 e. The Bertz CT molecular complexity index is 258. The molecule has 16 heavy (non-hydrogen) atoms. The van der Waals surface area contributed by atoms with Crippen molar-refractivity contribution in [2.75, 3.05) is 26.2 Å². The first kappa shape index (κ1) is 12.8. The molecule has 1 aliphatic rings. The van der Waals surface area contributed by atoms with Crippen LogP contribution < -0.4 is 11.1 Å². The number of hydrogen-bond acceptors (Lipinski definition) is 4. The van der Waals surface area contributed by atoms with E-state index in [-0.39, 0.29) is 18.5 Å². The van der Waals surface area contributed by atoms with Crippen LogP contribution in [0.4, 0.5) is 4.79 Å². The highest BCUT2D eigenvalue weighted by Gasteiger charge is 2.22. The maximum Gasteiger partial charge on any atom is 0.407 e. The maximum atomic E-state index is 11.2. The van der Waals surface area contributed by atoms with Crippen molar-refractivity contribution in [1.82, 2.24) is 10.2 Å². The van der Waals surface area contributed by atoms with Crippen molar-refractivity contribution in [3.63, 3.8) is 0 Å². The summed E-state index contributed by atoms with van der Waals surface area (Å²) in [5.41, 5.74) is 5.13. The summed E-state index contributed by atoms with van der Waals surface area (Å²) in [6.07, 6.45) is 1.46. The molecule has 0 spiro atoms. The van der Waals surface area contributed by atoms with Gasteiger partial charge in [-0.2, -0.15) is 0 Å². The molecule has 1 saturated heterocycles. The number of primary amides is 1. The molecule has 92 valence electrons. The van der Waals surface area contributed by atoms with E-state index < -0.39 is 6.09 Å². The molecule has 3 N–H and O–H groups in total. The third-order valence-electron chi connectivity index (χ3n) is 2.48. The molecule has 0 unspecified atom stereocenters. The molecule has 6 heteroatoms. The predicted molar refractivity (Wildman–Crippen MR) is 58.8 cm³/mol. The lowest BCUT2D eigenvalue weighted by Gasteiger charge is -2.31. The fourth-order valence-electron chi connectivity index (χ4n) is 1.88. The van der Waals surface area contributed by atoms with Crippen LogP contribution in [0.5, 0.6) is 0 Å². The Labute approximate surface area is 95.1 Å². The average Bonchev–Trinajstić information content (AvgIpc) is 2.17. The minimum atomic E-state index is -0.395. The van der Waals surface area contributed by atoms with Gasteiger partial charge in [0.1, 0.15) is 0 Å². The Balaban J connectivity index is 2.32. The number of carbonyl (C=O) groups excluding carboxylic acids is 2. The molecule has 0 aromatic carbocycles. The van der Waals surface area contributed by atoms with E-state index in [1.54, 1.807) is 6.92 Å². The second-order valence-electron chi connectivity index (χ2n) is 3.91. The van der Waals surface area contributed by atoms with Gasteiger partial charge in [-0.1, -0.05) is 0 Å². The van der Waals surface area contributed by atoms with Gasteiger partial charge in [0.2, 0.25) is 5.91 Å². The van der Waals surface area contributed by atoms with Crippen LogP contribution >= 0.6 is 0 Å². The van der Waals surface area contributed by atoms with E-state index in [4.69, 9.17) is 10.5 Å². The molecule has 1 rings (SSSR count). The number of piperidine rings is 1. The summed E-state index contributed by atoms with van der Waals surface area (Å²) in [7, 11) is 0. The molecule has 0 bridgehead atoms. The second-order valence-corrected chi connectivity index (χ2v) is 3.91. The van der Waals surface area contributed by atoms with Crippen LogP contribution in [-0.2, 0) is 9.53 Å². The summed E-state index contributed by atoms with van der Waals surface area (Å²) in [5.74, 6) is -0.336. The van der Waals surface area contributed by atoms with E-state index >= 15 is 0 Å². The Morgan fingerprint density at radius 1 is 1.56 bits per heavy atom. The fraction of sp³-hybridized carbons (Fsp3) is 0.800. The molecule has 0 radical (unpaired) electrons. The molecule has 0 aromatic rings. The normalized spacial score (nSPS) is 21.4. The quantitative estimate of drug-likeness (QED) is 0.692. The van der Waals surface area contributed by atoms with Crippen LogP contribution in [0.3, 0.4) is 0 Å². The molecule has 1 heterocycles. The molecule has 0 saturated carbocycles. The second kappa shape index (κ2) is 6.32. The number of rotatable bonds is 4. The Morgan fingerprint density at radius 2 is 2.31 bits per heavy atom. The van der Waals surface area contributed by atoms with Crippen LogP contribution in [0.2, 0.25) is 0 Å². The van der Waals surface area contributed by atoms with Crippen molar-refractivity contribution in [2.45, 2.75) is 25.8 Å². The standard InChI is InChI=1S/C10H19N3O3/c1-2-16-10(15)12-8-4-3-5-13(6-8)7-9(11)14/h8H,2-7H2,1H3,(H2,11,14)(H,12,15)/t8-/m0/s1. The van der Waals surface area contributed by atoms with Gasteiger partial charge in [-0.25, -0.2) is 4.79 Å². The van der Waals surface area contributed by atoms with Gasteiger partial charge in [0.15, 0.2) is 0 Å². The van der Waals surface area contributed by atoms with Crippen LogP contribution in [0, 0.1) is 0 Å². The first-order chi connectivity index (χ1) is 7.61. The Hall–Kier alpha value is -1.30. The lowest BCUT2D eigenvalue weighted by Crippen LogP contribution is -2.49. The van der Waals surface area contributed by atoms with Gasteiger partial charge >= 0.3 is 6.09 Å². The topological polar surface area (TPSA) is 84.7 Å². The van der Waals surface area contributed by atoms with Crippen LogP contribution in [-0.4, -0.2) is 49.2 Å². The van der Waals surface area contributed by atoms with Gasteiger partial charge in [-0.05, 0) is 26.3 Å². The predicted octanol–water partition coefficient (Wildman–Crippen LogP) is -0.318. The molecular weight excluding hydrogens is 210 g/mol. The highest BCUT2D eigenvalue weighted by atomic mass is 16.5. The van der Waals surface area contributed by atoms with Crippen LogP contribution in [0.1, 0.15) is 19.8 Å². The van der Waals surface area contributed by atoms with Crippen molar-refractivity contribution < 1.29 is 14.3 Å². The fourth-order valence-corrected chi connectivity index (χ4v) is 1.88. The zero-order valence-electron chi connectivity index (χ0n) is 9.57. The Morgan fingerprint density at radius 3 is 2.94 bits per heavy atom. The van der Waals surface area contributed by atoms with E-state index in [2.05, 4.69) is 5.32 Å². The molecule has 2 amide bonds. The highest BCUT2D eigenvalue weighted by molar-refractivity contribution is 5.76. The van der Waals surface area contributed by atoms with E-state index in [1.165, 1.54) is 0 Å². The monoisotopic (exact) mass is 229 g/mol. The number of nitrogens with one attached hydrogen (secondary N) is 1. The number of nitrogens with two attached hydrogens (primary N) is 1. The van der Waals surface area contributed by atoms with Gasteiger partial charge in [0, 0.05) is 12.6 Å². The highest BCUT2D eigenvalue weighted by Crippen LogP contribution is 2.09. The number of nitrogens with zero attached hydrogens (tertiary/aromatic N) is 1. The lowest BCUT2D eigenvalue weighted by molar-refractivity contribution is -0.119. The number of likely N-dealkylation sites (tertiary alicyclic amines) is 1. The van der Waals surface area contributed by atoms with Crippen molar-refractivity contribution >= 4 is 12.0 Å². The van der Waals surface area contributed by atoms with E-state index in [0.717, 1.165) is 19.4 Å². The lowest BCUT2D eigenvalue weighted by atomic mass is 10.1. The third kappa shape index (κ3) is 4.48. The molecule has 0 aromatic heterocycles. The molecule has 1 aliphatic heterocycles. The minimum Gasteiger partial charge on any atom is -0.450 e. The minimum absolute atomic E-state index is 0.0483.